The summed E-state index contributed by atoms with van der Waals surface area (Å²) < 4.78 is 17.6. The average molecular weight is 463 g/mol. The number of hydrogen-bond acceptors (Lipinski definition) is 5. The van der Waals surface area contributed by atoms with E-state index in [0.29, 0.717) is 11.9 Å². The van der Waals surface area contributed by atoms with Crippen molar-refractivity contribution in [3.8, 4) is 0 Å². The van der Waals surface area contributed by atoms with Crippen LogP contribution < -0.4 is 16.1 Å². The highest BCUT2D eigenvalue weighted by Gasteiger charge is 2.26. The highest BCUT2D eigenvalue weighted by atomic mass is 35.5. The summed E-state index contributed by atoms with van der Waals surface area (Å²) in [5.41, 5.74) is -0.323. The molecule has 2 aromatic heterocycles. The van der Waals surface area contributed by atoms with E-state index in [1.54, 1.807) is 23.7 Å². The van der Waals surface area contributed by atoms with Crippen molar-refractivity contribution in [3.63, 3.8) is 0 Å². The molecular weight excluding hydrogens is 435 g/mol. The summed E-state index contributed by atoms with van der Waals surface area (Å²) in [6.45, 7) is 8.68. The minimum Gasteiger partial charge on any atom is -0.340 e. The van der Waals surface area contributed by atoms with Gasteiger partial charge in [-0.05, 0) is 31.0 Å². The fourth-order valence-corrected chi connectivity index (χ4v) is 4.29. The number of H-pyrrole nitrogens is 1. The van der Waals surface area contributed by atoms with Crippen LogP contribution in [-0.4, -0.2) is 56.7 Å². The first-order valence-corrected chi connectivity index (χ1v) is 11.2. The van der Waals surface area contributed by atoms with Gasteiger partial charge in [-0.25, -0.2) is 9.18 Å². The molecule has 172 valence electrons. The van der Waals surface area contributed by atoms with Gasteiger partial charge in [0.15, 0.2) is 11.2 Å². The highest BCUT2D eigenvalue weighted by Crippen LogP contribution is 2.26. The number of aromatic amines is 1. The molecule has 1 aliphatic rings. The minimum atomic E-state index is -0.551. The molecule has 0 saturated carbocycles. The zero-order valence-corrected chi connectivity index (χ0v) is 19.3. The lowest BCUT2D eigenvalue weighted by Gasteiger charge is -2.35. The number of nitrogens with zero attached hydrogens (tertiary/aromatic N) is 5. The van der Waals surface area contributed by atoms with Crippen molar-refractivity contribution in [3.05, 3.63) is 55.4 Å². The van der Waals surface area contributed by atoms with Gasteiger partial charge in [-0.1, -0.05) is 31.5 Å². The first kappa shape index (κ1) is 22.5. The van der Waals surface area contributed by atoms with Gasteiger partial charge in [0.1, 0.15) is 5.82 Å². The van der Waals surface area contributed by atoms with E-state index in [4.69, 9.17) is 11.6 Å². The highest BCUT2D eigenvalue weighted by molar-refractivity contribution is 6.31. The molecule has 1 N–H and O–H groups in total. The first-order valence-electron chi connectivity index (χ1n) is 10.9. The third-order valence-electron chi connectivity index (χ3n) is 6.04. The molecule has 3 aromatic rings. The fraction of sp³-hybridized carbons (Fsp3) is 0.500. The molecule has 32 heavy (non-hydrogen) atoms. The SMILES string of the molecule is CC(C)CCN1CCN(c2nc3c(c(=O)[nH]c(=O)n3C)n2Cc2c(F)cccc2Cl)CC1. The Morgan fingerprint density at radius 3 is 2.56 bits per heavy atom. The molecule has 10 heteroatoms. The predicted octanol–water partition coefficient (Wildman–Crippen LogP) is 2.43. The normalized spacial score (nSPS) is 15.2. The first-order chi connectivity index (χ1) is 15.3. The second-order valence-corrected chi connectivity index (χ2v) is 9.11. The van der Waals surface area contributed by atoms with Crippen LogP contribution in [0, 0.1) is 11.7 Å². The van der Waals surface area contributed by atoms with E-state index in [1.165, 1.54) is 10.6 Å². The molecule has 0 bridgehead atoms. The summed E-state index contributed by atoms with van der Waals surface area (Å²) in [7, 11) is 1.56. The van der Waals surface area contributed by atoms with E-state index < -0.39 is 17.1 Å². The molecule has 1 fully saturated rings. The third kappa shape index (κ3) is 4.31. The molecule has 4 rings (SSSR count). The lowest BCUT2D eigenvalue weighted by atomic mass is 10.1. The van der Waals surface area contributed by atoms with Crippen LogP contribution in [0.5, 0.6) is 0 Å². The smallest absolute Gasteiger partial charge is 0.329 e. The van der Waals surface area contributed by atoms with Crippen molar-refractivity contribution in [1.29, 1.82) is 0 Å². The van der Waals surface area contributed by atoms with Crippen LogP contribution in [0.25, 0.3) is 11.2 Å². The Morgan fingerprint density at radius 2 is 1.91 bits per heavy atom. The number of hydrogen-bond donors (Lipinski definition) is 1. The third-order valence-corrected chi connectivity index (χ3v) is 6.40. The van der Waals surface area contributed by atoms with Crippen molar-refractivity contribution >= 4 is 28.7 Å². The Morgan fingerprint density at radius 1 is 1.19 bits per heavy atom. The van der Waals surface area contributed by atoms with Crippen molar-refractivity contribution < 1.29 is 4.39 Å². The standard InChI is InChI=1S/C22H28ClFN6O2/c1-14(2)7-8-28-9-11-29(12-10-28)21-25-19-18(20(31)26-22(32)27(19)3)30(21)13-15-16(23)5-4-6-17(15)24/h4-6,14H,7-13H2,1-3H3,(H,26,31,32). The average Bonchev–Trinajstić information content (AvgIpc) is 3.13. The maximum Gasteiger partial charge on any atom is 0.329 e. The number of anilines is 1. The molecule has 1 aliphatic heterocycles. The Hall–Kier alpha value is -2.65. The quantitative estimate of drug-likeness (QED) is 0.608. The number of fused-ring (bicyclic) bond motifs is 1. The van der Waals surface area contributed by atoms with Crippen LogP contribution in [0.4, 0.5) is 10.3 Å². The van der Waals surface area contributed by atoms with Crippen LogP contribution in [0.2, 0.25) is 5.02 Å². The molecule has 1 saturated heterocycles. The van der Waals surface area contributed by atoms with Gasteiger partial charge in [-0.3, -0.25) is 23.8 Å². The van der Waals surface area contributed by atoms with Gasteiger partial charge in [0, 0.05) is 43.8 Å². The van der Waals surface area contributed by atoms with E-state index in [9.17, 15) is 14.0 Å². The summed E-state index contributed by atoms with van der Waals surface area (Å²) in [4.78, 5) is 36.4. The van der Waals surface area contributed by atoms with Crippen LogP contribution in [-0.2, 0) is 13.6 Å². The zero-order chi connectivity index (χ0) is 23.0. The van der Waals surface area contributed by atoms with Gasteiger partial charge in [-0.15, -0.1) is 0 Å². The number of halogens is 2. The van der Waals surface area contributed by atoms with Gasteiger partial charge in [0.2, 0.25) is 5.95 Å². The lowest BCUT2D eigenvalue weighted by molar-refractivity contribution is 0.242. The van der Waals surface area contributed by atoms with Crippen molar-refractivity contribution in [2.24, 2.45) is 13.0 Å². The molecule has 3 heterocycles. The van der Waals surface area contributed by atoms with Crippen LogP contribution in [0.15, 0.2) is 27.8 Å². The maximum atomic E-state index is 14.6. The van der Waals surface area contributed by atoms with Crippen LogP contribution >= 0.6 is 11.6 Å². The van der Waals surface area contributed by atoms with Crippen LogP contribution in [0.3, 0.4) is 0 Å². The minimum absolute atomic E-state index is 0.0339. The molecular formula is C22H28ClFN6O2. The number of nitrogens with one attached hydrogen (secondary N) is 1. The fourth-order valence-electron chi connectivity index (χ4n) is 4.07. The largest absolute Gasteiger partial charge is 0.340 e. The van der Waals surface area contributed by atoms with E-state index >= 15 is 0 Å². The summed E-state index contributed by atoms with van der Waals surface area (Å²) in [6.07, 6.45) is 1.14. The molecule has 0 spiro atoms. The number of piperazine rings is 1. The molecule has 0 aliphatic carbocycles. The maximum absolute atomic E-state index is 14.6. The van der Waals surface area contributed by atoms with E-state index in [-0.39, 0.29) is 28.3 Å². The van der Waals surface area contributed by atoms with E-state index in [1.807, 2.05) is 0 Å². The predicted molar refractivity (Wildman–Crippen MR) is 124 cm³/mol. The van der Waals surface area contributed by atoms with Gasteiger partial charge >= 0.3 is 5.69 Å². The molecule has 1 aromatic carbocycles. The monoisotopic (exact) mass is 462 g/mol. The van der Waals surface area contributed by atoms with Crippen molar-refractivity contribution in [2.45, 2.75) is 26.8 Å². The van der Waals surface area contributed by atoms with Gasteiger partial charge < -0.3 is 4.90 Å². The summed E-state index contributed by atoms with van der Waals surface area (Å²) >= 11 is 6.28. The van der Waals surface area contributed by atoms with Crippen molar-refractivity contribution in [2.75, 3.05) is 37.6 Å². The number of rotatable bonds is 6. The van der Waals surface area contributed by atoms with E-state index in [0.717, 1.165) is 39.1 Å². The summed E-state index contributed by atoms with van der Waals surface area (Å²) in [6, 6.07) is 4.50. The van der Waals surface area contributed by atoms with E-state index in [2.05, 4.69) is 33.6 Å². The Bertz CT molecular complexity index is 1220. The number of imidazole rings is 1. The topological polar surface area (TPSA) is 79.2 Å². The molecule has 0 radical (unpaired) electrons. The number of benzene rings is 1. The Kier molecular flexibility index (Phi) is 6.39. The molecule has 0 unspecified atom stereocenters. The van der Waals surface area contributed by atoms with Gasteiger partial charge in [0.25, 0.3) is 5.56 Å². The van der Waals surface area contributed by atoms with Gasteiger partial charge in [0.05, 0.1) is 6.54 Å². The Labute approximate surface area is 190 Å². The number of aryl methyl sites for hydroxylation is 1. The Balaban J connectivity index is 1.75. The second-order valence-electron chi connectivity index (χ2n) is 8.70. The summed E-state index contributed by atoms with van der Waals surface area (Å²) in [5.74, 6) is 0.732. The van der Waals surface area contributed by atoms with Crippen LogP contribution in [0.1, 0.15) is 25.8 Å². The summed E-state index contributed by atoms with van der Waals surface area (Å²) in [5, 5.41) is 0.276. The van der Waals surface area contributed by atoms with Crippen molar-refractivity contribution in [1.82, 2.24) is 24.0 Å². The molecule has 0 atom stereocenters. The lowest BCUT2D eigenvalue weighted by Crippen LogP contribution is -2.47. The molecule has 0 amide bonds. The molecule has 8 nitrogen and oxygen atoms in total. The second kappa shape index (κ2) is 9.07. The number of aromatic nitrogens is 4. The van der Waals surface area contributed by atoms with Gasteiger partial charge in [-0.2, -0.15) is 4.98 Å². The zero-order valence-electron chi connectivity index (χ0n) is 18.6.